The summed E-state index contributed by atoms with van der Waals surface area (Å²) in [5.74, 6) is 1.74. The Kier molecular flexibility index (Phi) is 6.49. The highest BCUT2D eigenvalue weighted by molar-refractivity contribution is 7.80. The van der Waals surface area contributed by atoms with Gasteiger partial charge >= 0.3 is 0 Å². The summed E-state index contributed by atoms with van der Waals surface area (Å²) in [6.45, 7) is 5.24. The first-order valence-corrected chi connectivity index (χ1v) is 8.71. The first-order chi connectivity index (χ1) is 10.5. The Bertz CT molecular complexity index is 593. The van der Waals surface area contributed by atoms with Crippen molar-refractivity contribution in [2.24, 2.45) is 11.8 Å². The van der Waals surface area contributed by atoms with Gasteiger partial charge in [-0.05, 0) is 47.9 Å². The molecule has 2 rings (SSSR count). The molecule has 4 heteroatoms. The van der Waals surface area contributed by atoms with Crippen molar-refractivity contribution in [1.29, 1.82) is 0 Å². The number of thiocarbonyl (C=S) groups is 1. The molecule has 1 aliphatic carbocycles. The number of hydrogen-bond donors (Lipinski definition) is 1. The van der Waals surface area contributed by atoms with Gasteiger partial charge in [-0.25, -0.2) is 0 Å². The number of halogens is 2. The van der Waals surface area contributed by atoms with E-state index in [9.17, 15) is 0 Å². The minimum Gasteiger partial charge on any atom is -0.376 e. The Labute approximate surface area is 148 Å². The smallest absolute Gasteiger partial charge is 0.0988 e. The van der Waals surface area contributed by atoms with Crippen molar-refractivity contribution in [3.8, 4) is 0 Å². The lowest BCUT2D eigenvalue weighted by molar-refractivity contribution is 0.628. The van der Waals surface area contributed by atoms with Crippen molar-refractivity contribution in [2.75, 3.05) is 6.54 Å². The van der Waals surface area contributed by atoms with Gasteiger partial charge in [-0.2, -0.15) is 0 Å². The van der Waals surface area contributed by atoms with Gasteiger partial charge in [0.05, 0.1) is 15.0 Å². The zero-order valence-electron chi connectivity index (χ0n) is 12.9. The lowest BCUT2D eigenvalue weighted by Crippen LogP contribution is -2.23. The van der Waals surface area contributed by atoms with E-state index in [1.165, 1.54) is 12.0 Å². The number of rotatable bonds is 6. The maximum Gasteiger partial charge on any atom is 0.0988 e. The van der Waals surface area contributed by atoms with Crippen molar-refractivity contribution in [3.63, 3.8) is 0 Å². The molecule has 1 N–H and O–H groups in total. The van der Waals surface area contributed by atoms with Crippen LogP contribution in [0.2, 0.25) is 10.0 Å². The van der Waals surface area contributed by atoms with Crippen LogP contribution < -0.4 is 5.32 Å². The monoisotopic (exact) mass is 353 g/mol. The van der Waals surface area contributed by atoms with Crippen LogP contribution in [0.1, 0.15) is 31.7 Å². The predicted molar refractivity (Wildman–Crippen MR) is 101 cm³/mol. The van der Waals surface area contributed by atoms with E-state index in [1.54, 1.807) is 0 Å². The average molecular weight is 354 g/mol. The molecule has 22 heavy (non-hydrogen) atoms. The Morgan fingerprint density at radius 3 is 2.77 bits per heavy atom. The first kappa shape index (κ1) is 17.5. The molecule has 0 radical (unpaired) electrons. The second kappa shape index (κ2) is 8.14. The van der Waals surface area contributed by atoms with Gasteiger partial charge in [-0.1, -0.05) is 73.6 Å². The molecular formula is C18H21Cl2NS. The molecule has 118 valence electrons. The van der Waals surface area contributed by atoms with Gasteiger partial charge in [0.2, 0.25) is 0 Å². The first-order valence-electron chi connectivity index (χ1n) is 7.55. The molecule has 0 amide bonds. The molecule has 2 unspecified atom stereocenters. The molecule has 1 aromatic rings. The van der Waals surface area contributed by atoms with Crippen LogP contribution in [0.3, 0.4) is 0 Å². The number of hydrogen-bond acceptors (Lipinski definition) is 1. The van der Waals surface area contributed by atoms with Crippen LogP contribution >= 0.6 is 35.4 Å². The lowest BCUT2D eigenvalue weighted by Gasteiger charge is -2.06. The van der Waals surface area contributed by atoms with Gasteiger partial charge in [0.1, 0.15) is 0 Å². The van der Waals surface area contributed by atoms with E-state index in [2.05, 4.69) is 37.4 Å². The van der Waals surface area contributed by atoms with Gasteiger partial charge in [-0.3, -0.25) is 0 Å². The zero-order valence-corrected chi connectivity index (χ0v) is 15.2. The number of nitrogens with one attached hydrogen (secondary N) is 1. The summed E-state index contributed by atoms with van der Waals surface area (Å²) in [6, 6.07) is 5.91. The van der Waals surface area contributed by atoms with Gasteiger partial charge in [-0.15, -0.1) is 0 Å². The lowest BCUT2D eigenvalue weighted by atomic mass is 10.1. The molecule has 0 bridgehead atoms. The zero-order chi connectivity index (χ0) is 16.1. The molecule has 1 saturated carbocycles. The van der Waals surface area contributed by atoms with E-state index in [0.717, 1.165) is 11.5 Å². The predicted octanol–water partition coefficient (Wildman–Crippen LogP) is 5.78. The highest BCUT2D eigenvalue weighted by atomic mass is 35.5. The van der Waals surface area contributed by atoms with Crippen molar-refractivity contribution < 1.29 is 0 Å². The van der Waals surface area contributed by atoms with Gasteiger partial charge < -0.3 is 5.32 Å². The quantitative estimate of drug-likeness (QED) is 0.395. The molecule has 2 atom stereocenters. The molecule has 1 aromatic carbocycles. The third kappa shape index (κ3) is 5.42. The molecule has 0 heterocycles. The van der Waals surface area contributed by atoms with Crippen LogP contribution in [0.4, 0.5) is 0 Å². The van der Waals surface area contributed by atoms with Crippen LogP contribution in [0.15, 0.2) is 42.5 Å². The third-order valence-electron chi connectivity index (χ3n) is 3.61. The minimum absolute atomic E-state index is 0.561. The fourth-order valence-corrected chi connectivity index (χ4v) is 2.74. The molecule has 1 aliphatic rings. The topological polar surface area (TPSA) is 12.0 Å². The van der Waals surface area contributed by atoms with E-state index in [1.807, 2.05) is 24.3 Å². The number of allylic oxidation sites excluding steroid dienone is 3. The third-order valence-corrected chi connectivity index (χ3v) is 4.63. The van der Waals surface area contributed by atoms with Crippen molar-refractivity contribution in [3.05, 3.63) is 58.1 Å². The normalized spacial score (nSPS) is 21.0. The van der Waals surface area contributed by atoms with Crippen molar-refractivity contribution in [1.82, 2.24) is 5.32 Å². The summed E-state index contributed by atoms with van der Waals surface area (Å²) in [6.07, 6.45) is 9.41. The molecule has 0 aromatic heterocycles. The maximum absolute atomic E-state index is 6.06. The van der Waals surface area contributed by atoms with Gasteiger partial charge in [0.25, 0.3) is 0 Å². The highest BCUT2D eigenvalue weighted by Gasteiger charge is 2.36. The van der Waals surface area contributed by atoms with Crippen LogP contribution in [-0.4, -0.2) is 11.5 Å². The second-order valence-electron chi connectivity index (χ2n) is 6.06. The van der Waals surface area contributed by atoms with Gasteiger partial charge in [0.15, 0.2) is 0 Å². The Balaban J connectivity index is 1.78. The maximum atomic E-state index is 6.06. The molecular weight excluding hydrogens is 333 g/mol. The van der Waals surface area contributed by atoms with E-state index in [-0.39, 0.29) is 0 Å². The van der Waals surface area contributed by atoms with Crippen LogP contribution in [0.25, 0.3) is 0 Å². The van der Waals surface area contributed by atoms with E-state index in [0.29, 0.717) is 27.8 Å². The molecule has 0 saturated heterocycles. The number of benzene rings is 1. The molecule has 0 aliphatic heterocycles. The van der Waals surface area contributed by atoms with E-state index in [4.69, 9.17) is 35.4 Å². The Morgan fingerprint density at radius 2 is 2.09 bits per heavy atom. The standard InChI is InChI=1S/C18H21Cl2NS/c1-12(2)11-21-18(22)6-4-3-5-13-9-15(13)14-7-8-16(19)17(20)10-14/h3-8,10,12-13,15H,9,11H2,1-2H3,(H,21,22)/b5-3+,6-4+. The summed E-state index contributed by atoms with van der Waals surface area (Å²) in [4.78, 5) is 0.787. The van der Waals surface area contributed by atoms with Crippen LogP contribution in [0.5, 0.6) is 0 Å². The van der Waals surface area contributed by atoms with Crippen molar-refractivity contribution >= 4 is 40.4 Å². The molecule has 0 spiro atoms. The fraction of sp³-hybridized carbons (Fsp3) is 0.389. The molecule has 1 nitrogen and oxygen atoms in total. The Hall–Kier alpha value is -0.830. The fourth-order valence-electron chi connectivity index (χ4n) is 2.27. The summed E-state index contributed by atoms with van der Waals surface area (Å²) in [5, 5.41) is 4.46. The second-order valence-corrected chi connectivity index (χ2v) is 7.32. The van der Waals surface area contributed by atoms with Crippen LogP contribution in [0, 0.1) is 11.8 Å². The average Bonchev–Trinajstić information content (AvgIpc) is 3.24. The van der Waals surface area contributed by atoms with Gasteiger partial charge in [0, 0.05) is 6.54 Å². The summed E-state index contributed by atoms with van der Waals surface area (Å²) < 4.78 is 0. The van der Waals surface area contributed by atoms with E-state index >= 15 is 0 Å². The summed E-state index contributed by atoms with van der Waals surface area (Å²) in [5.41, 5.74) is 1.27. The highest BCUT2D eigenvalue weighted by Crippen LogP contribution is 2.49. The van der Waals surface area contributed by atoms with E-state index < -0.39 is 0 Å². The summed E-state index contributed by atoms with van der Waals surface area (Å²) in [7, 11) is 0. The minimum atomic E-state index is 0.561. The largest absolute Gasteiger partial charge is 0.376 e. The SMILES string of the molecule is CC(C)CNC(=S)/C=C/C=C/C1CC1c1ccc(Cl)c(Cl)c1. The Morgan fingerprint density at radius 1 is 1.32 bits per heavy atom. The van der Waals surface area contributed by atoms with Crippen LogP contribution in [-0.2, 0) is 0 Å². The summed E-state index contributed by atoms with van der Waals surface area (Å²) >= 11 is 17.2. The molecule has 1 fully saturated rings. The van der Waals surface area contributed by atoms with Crippen molar-refractivity contribution in [2.45, 2.75) is 26.2 Å².